The van der Waals surface area contributed by atoms with Gasteiger partial charge in [0.25, 0.3) is 0 Å². The van der Waals surface area contributed by atoms with Crippen molar-refractivity contribution in [1.29, 1.82) is 0 Å². The van der Waals surface area contributed by atoms with E-state index in [-0.39, 0.29) is 11.7 Å². The topological polar surface area (TPSA) is 49.3 Å². The van der Waals surface area contributed by atoms with Crippen LogP contribution in [0.2, 0.25) is 0 Å². The number of hydrogen-bond donors (Lipinski definition) is 0. The van der Waals surface area contributed by atoms with Crippen LogP contribution < -0.4 is 4.90 Å². The summed E-state index contributed by atoms with van der Waals surface area (Å²) in [6.45, 7) is 4.99. The summed E-state index contributed by atoms with van der Waals surface area (Å²) in [4.78, 5) is 16.0. The molecule has 0 N–H and O–H groups in total. The third kappa shape index (κ3) is 3.69. The van der Waals surface area contributed by atoms with Crippen LogP contribution in [0.4, 0.5) is 10.2 Å². The maximum Gasteiger partial charge on any atom is 0.222 e. The summed E-state index contributed by atoms with van der Waals surface area (Å²) in [6.07, 6.45) is 1.50. The number of carbonyl (C=O) groups is 1. The van der Waals surface area contributed by atoms with Crippen molar-refractivity contribution in [3.8, 4) is 11.3 Å². The highest BCUT2D eigenvalue weighted by molar-refractivity contribution is 5.76. The molecule has 0 unspecified atom stereocenters. The lowest BCUT2D eigenvalue weighted by Crippen LogP contribution is -2.49. The second-order valence-corrected chi connectivity index (χ2v) is 5.90. The molecule has 0 atom stereocenters. The third-order valence-corrected chi connectivity index (χ3v) is 4.21. The van der Waals surface area contributed by atoms with Crippen LogP contribution in [-0.4, -0.2) is 47.2 Å². The van der Waals surface area contributed by atoms with Gasteiger partial charge in [-0.1, -0.05) is 6.92 Å². The number of piperazine rings is 1. The van der Waals surface area contributed by atoms with Gasteiger partial charge < -0.3 is 9.80 Å². The van der Waals surface area contributed by atoms with E-state index in [1.165, 1.54) is 12.1 Å². The zero-order chi connectivity index (χ0) is 16.9. The van der Waals surface area contributed by atoms with E-state index in [0.29, 0.717) is 6.42 Å². The number of halogens is 1. The molecule has 1 amide bonds. The number of anilines is 1. The van der Waals surface area contributed by atoms with E-state index in [1.54, 1.807) is 12.1 Å². The molecule has 2 heterocycles. The van der Waals surface area contributed by atoms with Crippen molar-refractivity contribution in [3.05, 3.63) is 42.2 Å². The first-order chi connectivity index (χ1) is 11.7. The maximum absolute atomic E-state index is 13.0. The minimum atomic E-state index is -0.265. The van der Waals surface area contributed by atoms with Crippen LogP contribution in [-0.2, 0) is 4.79 Å². The Kier molecular flexibility index (Phi) is 5.03. The van der Waals surface area contributed by atoms with Crippen molar-refractivity contribution < 1.29 is 9.18 Å². The Morgan fingerprint density at radius 2 is 1.75 bits per heavy atom. The van der Waals surface area contributed by atoms with E-state index in [0.717, 1.165) is 49.7 Å². The number of nitrogens with zero attached hydrogens (tertiary/aromatic N) is 4. The van der Waals surface area contributed by atoms with E-state index < -0.39 is 0 Å². The first kappa shape index (κ1) is 16.4. The van der Waals surface area contributed by atoms with Gasteiger partial charge in [-0.25, -0.2) is 4.39 Å². The summed E-state index contributed by atoms with van der Waals surface area (Å²) in [5, 5.41) is 8.53. The molecule has 1 aromatic heterocycles. The molecule has 0 saturated carbocycles. The van der Waals surface area contributed by atoms with Gasteiger partial charge in [0.15, 0.2) is 5.82 Å². The van der Waals surface area contributed by atoms with Crippen LogP contribution in [0.1, 0.15) is 19.8 Å². The first-order valence-corrected chi connectivity index (χ1v) is 8.30. The highest BCUT2D eigenvalue weighted by Crippen LogP contribution is 2.19. The van der Waals surface area contributed by atoms with Crippen molar-refractivity contribution in [2.24, 2.45) is 0 Å². The van der Waals surface area contributed by atoms with Crippen molar-refractivity contribution in [2.75, 3.05) is 31.1 Å². The van der Waals surface area contributed by atoms with Crippen LogP contribution in [0.5, 0.6) is 0 Å². The minimum Gasteiger partial charge on any atom is -0.352 e. The molecule has 24 heavy (non-hydrogen) atoms. The van der Waals surface area contributed by atoms with Crippen molar-refractivity contribution >= 4 is 11.7 Å². The lowest BCUT2D eigenvalue weighted by molar-refractivity contribution is -0.131. The smallest absolute Gasteiger partial charge is 0.222 e. The quantitative estimate of drug-likeness (QED) is 0.866. The summed E-state index contributed by atoms with van der Waals surface area (Å²) < 4.78 is 13.0. The first-order valence-electron chi connectivity index (χ1n) is 8.30. The molecule has 126 valence electrons. The van der Waals surface area contributed by atoms with E-state index in [9.17, 15) is 9.18 Å². The number of benzene rings is 1. The predicted octanol–water partition coefficient (Wildman–Crippen LogP) is 2.73. The molecule has 3 rings (SSSR count). The fourth-order valence-electron chi connectivity index (χ4n) is 2.83. The molecule has 0 bridgehead atoms. The minimum absolute atomic E-state index is 0.231. The largest absolute Gasteiger partial charge is 0.352 e. The number of rotatable bonds is 4. The highest BCUT2D eigenvalue weighted by atomic mass is 19.1. The molecule has 1 aliphatic rings. The monoisotopic (exact) mass is 328 g/mol. The molecule has 6 heteroatoms. The molecule has 1 saturated heterocycles. The van der Waals surface area contributed by atoms with Crippen LogP contribution >= 0.6 is 0 Å². The average molecular weight is 328 g/mol. The van der Waals surface area contributed by atoms with Gasteiger partial charge in [0.1, 0.15) is 5.82 Å². The van der Waals surface area contributed by atoms with Crippen LogP contribution in [0.3, 0.4) is 0 Å². The zero-order valence-electron chi connectivity index (χ0n) is 13.8. The lowest BCUT2D eigenvalue weighted by atomic mass is 10.1. The lowest BCUT2D eigenvalue weighted by Gasteiger charge is -2.35. The molecule has 1 fully saturated rings. The van der Waals surface area contributed by atoms with E-state index in [1.807, 2.05) is 24.0 Å². The second-order valence-electron chi connectivity index (χ2n) is 5.90. The Morgan fingerprint density at radius 3 is 2.33 bits per heavy atom. The Bertz CT molecular complexity index is 679. The molecule has 1 aromatic carbocycles. The van der Waals surface area contributed by atoms with Gasteiger partial charge >= 0.3 is 0 Å². The van der Waals surface area contributed by atoms with Gasteiger partial charge in [-0.05, 0) is 42.8 Å². The predicted molar refractivity (Wildman–Crippen MR) is 91.1 cm³/mol. The third-order valence-electron chi connectivity index (χ3n) is 4.21. The standard InChI is InChI=1S/C18H21FN4O/c1-2-3-18(24)23-12-10-22(11-13-23)17-9-8-16(20-21-17)14-4-6-15(19)7-5-14/h4-9H,2-3,10-13H2,1H3. The summed E-state index contributed by atoms with van der Waals surface area (Å²) in [5.74, 6) is 0.775. The Hall–Kier alpha value is -2.50. The van der Waals surface area contributed by atoms with Gasteiger partial charge in [0.2, 0.25) is 5.91 Å². The summed E-state index contributed by atoms with van der Waals surface area (Å²) >= 11 is 0. The van der Waals surface area contributed by atoms with E-state index >= 15 is 0 Å². The van der Waals surface area contributed by atoms with E-state index in [2.05, 4.69) is 15.1 Å². The van der Waals surface area contributed by atoms with Crippen LogP contribution in [0.15, 0.2) is 36.4 Å². The summed E-state index contributed by atoms with van der Waals surface area (Å²) in [5.41, 5.74) is 1.56. The molecule has 0 radical (unpaired) electrons. The number of carbonyl (C=O) groups excluding carboxylic acids is 1. The molecular weight excluding hydrogens is 307 g/mol. The Labute approximate surface area is 141 Å². The normalized spacial score (nSPS) is 14.8. The maximum atomic E-state index is 13.0. The van der Waals surface area contributed by atoms with Crippen LogP contribution in [0, 0.1) is 5.82 Å². The fourth-order valence-corrected chi connectivity index (χ4v) is 2.83. The van der Waals surface area contributed by atoms with Gasteiger partial charge in [-0.3, -0.25) is 4.79 Å². The average Bonchev–Trinajstić information content (AvgIpc) is 2.63. The zero-order valence-corrected chi connectivity index (χ0v) is 13.8. The number of aromatic nitrogens is 2. The molecule has 2 aromatic rings. The van der Waals surface area contributed by atoms with Crippen molar-refractivity contribution in [1.82, 2.24) is 15.1 Å². The SMILES string of the molecule is CCCC(=O)N1CCN(c2ccc(-c3ccc(F)cc3)nn2)CC1. The summed E-state index contributed by atoms with van der Waals surface area (Å²) in [7, 11) is 0. The van der Waals surface area contributed by atoms with Crippen molar-refractivity contribution in [2.45, 2.75) is 19.8 Å². The molecular formula is C18H21FN4O. The van der Waals surface area contributed by atoms with Gasteiger partial charge in [0, 0.05) is 38.2 Å². The van der Waals surface area contributed by atoms with Gasteiger partial charge in [-0.15, -0.1) is 10.2 Å². The molecule has 5 nitrogen and oxygen atoms in total. The molecule has 0 aliphatic carbocycles. The fraction of sp³-hybridized carbons (Fsp3) is 0.389. The van der Waals surface area contributed by atoms with Crippen molar-refractivity contribution in [3.63, 3.8) is 0 Å². The van der Waals surface area contributed by atoms with Gasteiger partial charge in [0.05, 0.1) is 5.69 Å². The number of amides is 1. The van der Waals surface area contributed by atoms with Gasteiger partial charge in [-0.2, -0.15) is 0 Å². The second kappa shape index (κ2) is 7.38. The Morgan fingerprint density at radius 1 is 1.04 bits per heavy atom. The van der Waals surface area contributed by atoms with E-state index in [4.69, 9.17) is 0 Å². The Balaban J connectivity index is 1.62. The molecule has 0 spiro atoms. The van der Waals surface area contributed by atoms with Crippen LogP contribution in [0.25, 0.3) is 11.3 Å². The summed E-state index contributed by atoms with van der Waals surface area (Å²) in [6, 6.07) is 10.0. The highest BCUT2D eigenvalue weighted by Gasteiger charge is 2.21. The number of hydrogen-bond acceptors (Lipinski definition) is 4. The molecule has 1 aliphatic heterocycles.